The summed E-state index contributed by atoms with van der Waals surface area (Å²) < 4.78 is 0. The Labute approximate surface area is 159 Å². The molecule has 3 heterocycles. The number of benzene rings is 1. The molecule has 6 heteroatoms. The van der Waals surface area contributed by atoms with Gasteiger partial charge in [0.15, 0.2) is 5.82 Å². The summed E-state index contributed by atoms with van der Waals surface area (Å²) >= 11 is 0. The van der Waals surface area contributed by atoms with E-state index in [1.54, 1.807) is 0 Å². The van der Waals surface area contributed by atoms with Gasteiger partial charge in [0, 0.05) is 29.1 Å². The predicted molar refractivity (Wildman–Crippen MR) is 107 cm³/mol. The molecule has 27 heavy (non-hydrogen) atoms. The van der Waals surface area contributed by atoms with Crippen LogP contribution < -0.4 is 5.32 Å². The molecule has 1 aromatic carbocycles. The molecule has 1 saturated heterocycles. The minimum atomic E-state index is -0.0342. The maximum atomic E-state index is 12.4. The third-order valence-corrected chi connectivity index (χ3v) is 5.26. The molecule has 0 bridgehead atoms. The van der Waals surface area contributed by atoms with E-state index in [4.69, 9.17) is 0 Å². The van der Waals surface area contributed by atoms with Crippen LogP contribution in [0.25, 0.3) is 22.2 Å². The van der Waals surface area contributed by atoms with E-state index in [2.05, 4.69) is 31.5 Å². The molecule has 0 radical (unpaired) electrons. The van der Waals surface area contributed by atoms with E-state index in [1.807, 2.05) is 43.5 Å². The number of nitrogens with zero attached hydrogens (tertiary/aromatic N) is 3. The van der Waals surface area contributed by atoms with Gasteiger partial charge in [0.1, 0.15) is 0 Å². The number of H-pyrrole nitrogens is 1. The standard InChI is InChI=1S/C21H25N5O/c1-15(8-11-26-9-4-5-10-26)21(27)23-20-13-19(24-25-20)17-12-16-6-2-3-7-18(16)22-14-17/h2-3,6-7,12-15H,4-5,8-11H2,1H3,(H2,23,24,25,27). The highest BCUT2D eigenvalue weighted by Crippen LogP contribution is 2.23. The normalized spacial score (nSPS) is 15.9. The average molecular weight is 363 g/mol. The van der Waals surface area contributed by atoms with Gasteiger partial charge in [-0.15, -0.1) is 0 Å². The molecule has 1 atom stereocenters. The number of aromatic nitrogens is 3. The van der Waals surface area contributed by atoms with Gasteiger partial charge in [-0.2, -0.15) is 5.10 Å². The summed E-state index contributed by atoms with van der Waals surface area (Å²) in [6, 6.07) is 11.9. The Hall–Kier alpha value is -2.73. The first-order valence-corrected chi connectivity index (χ1v) is 9.63. The first-order chi connectivity index (χ1) is 13.2. The number of aromatic amines is 1. The van der Waals surface area contributed by atoms with Crippen molar-refractivity contribution in [3.63, 3.8) is 0 Å². The van der Waals surface area contributed by atoms with Crippen molar-refractivity contribution in [1.82, 2.24) is 20.1 Å². The van der Waals surface area contributed by atoms with Gasteiger partial charge in [-0.1, -0.05) is 25.1 Å². The summed E-state index contributed by atoms with van der Waals surface area (Å²) in [5.74, 6) is 0.535. The number of rotatable bonds is 6. The molecule has 0 saturated carbocycles. The minimum Gasteiger partial charge on any atom is -0.309 e. The minimum absolute atomic E-state index is 0.0175. The Bertz CT molecular complexity index is 929. The summed E-state index contributed by atoms with van der Waals surface area (Å²) in [5, 5.41) is 11.2. The van der Waals surface area contributed by atoms with Crippen molar-refractivity contribution in [2.24, 2.45) is 5.92 Å². The fraction of sp³-hybridized carbons (Fsp3) is 0.381. The van der Waals surface area contributed by atoms with Gasteiger partial charge in [0.05, 0.1) is 11.2 Å². The predicted octanol–water partition coefficient (Wildman–Crippen LogP) is 3.69. The lowest BCUT2D eigenvalue weighted by molar-refractivity contribution is -0.119. The number of pyridine rings is 1. The lowest BCUT2D eigenvalue weighted by atomic mass is 10.1. The third kappa shape index (κ3) is 4.17. The largest absolute Gasteiger partial charge is 0.309 e. The Balaban J connectivity index is 1.38. The summed E-state index contributed by atoms with van der Waals surface area (Å²) in [5.41, 5.74) is 2.75. The molecular formula is C21H25N5O. The highest BCUT2D eigenvalue weighted by Gasteiger charge is 2.18. The van der Waals surface area contributed by atoms with Gasteiger partial charge >= 0.3 is 0 Å². The molecule has 0 aliphatic carbocycles. The maximum absolute atomic E-state index is 12.4. The number of carbonyl (C=O) groups excluding carboxylic acids is 1. The SMILES string of the molecule is CC(CCN1CCCC1)C(=O)Nc1cc(-c2cnc3ccccc3c2)[nH]n1. The van der Waals surface area contributed by atoms with E-state index in [9.17, 15) is 4.79 Å². The van der Waals surface area contributed by atoms with Gasteiger partial charge in [-0.05, 0) is 51.0 Å². The number of likely N-dealkylation sites (tertiary alicyclic amines) is 1. The Morgan fingerprint density at radius 3 is 2.93 bits per heavy atom. The summed E-state index contributed by atoms with van der Waals surface area (Å²) in [6.07, 6.45) is 5.25. The first-order valence-electron chi connectivity index (χ1n) is 9.63. The maximum Gasteiger partial charge on any atom is 0.228 e. The first kappa shape index (κ1) is 17.7. The zero-order valence-corrected chi connectivity index (χ0v) is 15.6. The number of para-hydroxylation sites is 1. The van der Waals surface area contributed by atoms with Crippen LogP contribution in [0, 0.1) is 5.92 Å². The Morgan fingerprint density at radius 1 is 1.26 bits per heavy atom. The molecular weight excluding hydrogens is 338 g/mol. The van der Waals surface area contributed by atoms with Gasteiger partial charge in [0.25, 0.3) is 0 Å². The monoisotopic (exact) mass is 363 g/mol. The number of hydrogen-bond acceptors (Lipinski definition) is 4. The highest BCUT2D eigenvalue weighted by molar-refractivity contribution is 5.92. The van der Waals surface area contributed by atoms with Crippen molar-refractivity contribution in [1.29, 1.82) is 0 Å². The number of carbonyl (C=O) groups is 1. The molecule has 3 aromatic rings. The number of hydrogen-bond donors (Lipinski definition) is 2. The molecule has 2 aromatic heterocycles. The topological polar surface area (TPSA) is 73.9 Å². The zero-order chi connectivity index (χ0) is 18.6. The van der Waals surface area contributed by atoms with E-state index in [0.29, 0.717) is 5.82 Å². The summed E-state index contributed by atoms with van der Waals surface area (Å²) in [6.45, 7) is 5.29. The Morgan fingerprint density at radius 2 is 2.07 bits per heavy atom. The van der Waals surface area contributed by atoms with E-state index in [0.717, 1.165) is 48.2 Å². The van der Waals surface area contributed by atoms with Crippen LogP contribution in [0.15, 0.2) is 42.6 Å². The van der Waals surface area contributed by atoms with Crippen LogP contribution >= 0.6 is 0 Å². The van der Waals surface area contributed by atoms with Gasteiger partial charge in [-0.3, -0.25) is 14.9 Å². The van der Waals surface area contributed by atoms with Crippen molar-refractivity contribution in [3.8, 4) is 11.3 Å². The van der Waals surface area contributed by atoms with Crippen molar-refractivity contribution in [2.75, 3.05) is 25.0 Å². The molecule has 1 aliphatic rings. The van der Waals surface area contributed by atoms with Crippen LogP contribution in [-0.4, -0.2) is 45.6 Å². The fourth-order valence-corrected chi connectivity index (χ4v) is 3.51. The smallest absolute Gasteiger partial charge is 0.228 e. The van der Waals surface area contributed by atoms with E-state index < -0.39 is 0 Å². The van der Waals surface area contributed by atoms with Gasteiger partial charge in [0.2, 0.25) is 5.91 Å². The van der Waals surface area contributed by atoms with E-state index >= 15 is 0 Å². The van der Waals surface area contributed by atoms with Crippen molar-refractivity contribution in [2.45, 2.75) is 26.2 Å². The second-order valence-corrected chi connectivity index (χ2v) is 7.31. The molecule has 140 valence electrons. The van der Waals surface area contributed by atoms with Crippen LogP contribution in [-0.2, 0) is 4.79 Å². The molecule has 1 unspecified atom stereocenters. The Kier molecular flexibility index (Phi) is 5.16. The van der Waals surface area contributed by atoms with E-state index in [-0.39, 0.29) is 11.8 Å². The van der Waals surface area contributed by atoms with Crippen molar-refractivity contribution < 1.29 is 4.79 Å². The lowest BCUT2D eigenvalue weighted by Gasteiger charge is -2.17. The molecule has 6 nitrogen and oxygen atoms in total. The molecule has 2 N–H and O–H groups in total. The summed E-state index contributed by atoms with van der Waals surface area (Å²) in [4.78, 5) is 19.4. The molecule has 1 aliphatic heterocycles. The molecule has 1 amide bonds. The number of fused-ring (bicyclic) bond motifs is 1. The highest BCUT2D eigenvalue weighted by atomic mass is 16.1. The quantitative estimate of drug-likeness (QED) is 0.700. The van der Waals surface area contributed by atoms with Crippen LogP contribution in [0.2, 0.25) is 0 Å². The van der Waals surface area contributed by atoms with Gasteiger partial charge in [-0.25, -0.2) is 0 Å². The molecule has 4 rings (SSSR count). The third-order valence-electron chi connectivity index (χ3n) is 5.26. The molecule has 1 fully saturated rings. The number of nitrogens with one attached hydrogen (secondary N) is 2. The summed E-state index contributed by atoms with van der Waals surface area (Å²) in [7, 11) is 0. The second kappa shape index (κ2) is 7.88. The second-order valence-electron chi connectivity index (χ2n) is 7.31. The van der Waals surface area contributed by atoms with Crippen molar-refractivity contribution >= 4 is 22.6 Å². The average Bonchev–Trinajstić information content (AvgIpc) is 3.37. The van der Waals surface area contributed by atoms with Crippen molar-refractivity contribution in [3.05, 3.63) is 42.6 Å². The van der Waals surface area contributed by atoms with E-state index in [1.165, 1.54) is 12.8 Å². The lowest BCUT2D eigenvalue weighted by Crippen LogP contribution is -2.27. The van der Waals surface area contributed by atoms with Crippen LogP contribution in [0.4, 0.5) is 5.82 Å². The fourth-order valence-electron chi connectivity index (χ4n) is 3.51. The van der Waals surface area contributed by atoms with Gasteiger partial charge < -0.3 is 10.2 Å². The molecule has 0 spiro atoms. The zero-order valence-electron chi connectivity index (χ0n) is 15.6. The number of amides is 1. The van der Waals surface area contributed by atoms with Crippen LogP contribution in [0.3, 0.4) is 0 Å². The number of anilines is 1. The van der Waals surface area contributed by atoms with Crippen LogP contribution in [0.1, 0.15) is 26.2 Å². The van der Waals surface area contributed by atoms with Crippen LogP contribution in [0.5, 0.6) is 0 Å².